The summed E-state index contributed by atoms with van der Waals surface area (Å²) in [5.41, 5.74) is 7.63. The molecule has 0 aliphatic heterocycles. The van der Waals surface area contributed by atoms with E-state index in [0.717, 1.165) is 0 Å². The van der Waals surface area contributed by atoms with Crippen molar-refractivity contribution < 1.29 is 4.39 Å². The molecule has 2 N–H and O–H groups in total. The molecule has 0 unspecified atom stereocenters. The van der Waals surface area contributed by atoms with E-state index in [-0.39, 0.29) is 11.6 Å². The summed E-state index contributed by atoms with van der Waals surface area (Å²) in [6, 6.07) is 6.37. The highest BCUT2D eigenvalue weighted by molar-refractivity contribution is 7.98. The molecular weight excluding hydrogens is 251 g/mol. The van der Waals surface area contributed by atoms with Crippen molar-refractivity contribution in [3.63, 3.8) is 0 Å². The average Bonchev–Trinajstić information content (AvgIpc) is 2.66. The lowest BCUT2D eigenvalue weighted by molar-refractivity contribution is 0.625. The van der Waals surface area contributed by atoms with E-state index in [9.17, 15) is 4.39 Å². The molecule has 0 spiro atoms. The van der Waals surface area contributed by atoms with Crippen LogP contribution in [0.4, 0.5) is 10.2 Å². The summed E-state index contributed by atoms with van der Waals surface area (Å²) in [4.78, 5) is 0. The van der Waals surface area contributed by atoms with Gasteiger partial charge in [-0.1, -0.05) is 0 Å². The number of aryl methyl sites for hydroxylation is 1. The second kappa shape index (κ2) is 4.70. The van der Waals surface area contributed by atoms with Gasteiger partial charge in [0.25, 0.3) is 0 Å². The zero-order chi connectivity index (χ0) is 13.3. The van der Waals surface area contributed by atoms with Gasteiger partial charge in [-0.25, -0.2) is 9.07 Å². The number of hydrogen-bond acceptors (Lipinski definition) is 4. The maximum Gasteiger partial charge on any atom is 0.146 e. The first-order chi connectivity index (χ1) is 8.58. The van der Waals surface area contributed by atoms with Gasteiger partial charge in [-0.3, -0.25) is 0 Å². The van der Waals surface area contributed by atoms with E-state index in [4.69, 9.17) is 11.0 Å². The number of rotatable bonds is 2. The lowest BCUT2D eigenvalue weighted by Gasteiger charge is -2.07. The molecule has 6 heteroatoms. The fourth-order valence-electron chi connectivity index (χ4n) is 1.70. The van der Waals surface area contributed by atoms with Crippen LogP contribution in [0.2, 0.25) is 0 Å². The minimum absolute atomic E-state index is 0.275. The Kier molecular flexibility index (Phi) is 3.26. The predicted molar refractivity (Wildman–Crippen MR) is 69.2 cm³/mol. The standard InChI is InChI=1S/C12H11FN4S/c1-7-5-8(13)3-4-10(7)17-11(15)9(6-14)12(16-17)18-2/h3-5H,15H2,1-2H3. The fraction of sp³-hybridized carbons (Fsp3) is 0.167. The Morgan fingerprint density at radius 1 is 1.50 bits per heavy atom. The molecule has 0 aliphatic carbocycles. The second-order valence-corrected chi connectivity index (χ2v) is 4.52. The topological polar surface area (TPSA) is 67.6 Å². The molecule has 92 valence electrons. The summed E-state index contributed by atoms with van der Waals surface area (Å²) in [6.45, 7) is 1.77. The van der Waals surface area contributed by atoms with Crippen molar-refractivity contribution in [1.82, 2.24) is 9.78 Å². The van der Waals surface area contributed by atoms with Crippen LogP contribution in [0, 0.1) is 24.1 Å². The van der Waals surface area contributed by atoms with Crippen molar-refractivity contribution >= 4 is 17.6 Å². The Hall–Kier alpha value is -2.00. The van der Waals surface area contributed by atoms with E-state index in [1.807, 2.05) is 12.3 Å². The molecule has 0 radical (unpaired) electrons. The van der Waals surface area contributed by atoms with Crippen LogP contribution >= 0.6 is 11.8 Å². The number of nitrogen functional groups attached to an aromatic ring is 1. The zero-order valence-electron chi connectivity index (χ0n) is 9.94. The van der Waals surface area contributed by atoms with E-state index < -0.39 is 0 Å². The van der Waals surface area contributed by atoms with Crippen LogP contribution in [0.25, 0.3) is 5.69 Å². The number of nitrogens with two attached hydrogens (primary N) is 1. The number of hydrogen-bond donors (Lipinski definition) is 1. The molecule has 18 heavy (non-hydrogen) atoms. The van der Waals surface area contributed by atoms with Gasteiger partial charge in [-0.2, -0.15) is 10.4 Å². The van der Waals surface area contributed by atoms with Crippen LogP contribution in [0.3, 0.4) is 0 Å². The molecule has 0 saturated carbocycles. The van der Waals surface area contributed by atoms with Crippen molar-refractivity contribution in [2.75, 3.05) is 12.0 Å². The van der Waals surface area contributed by atoms with Crippen molar-refractivity contribution in [1.29, 1.82) is 5.26 Å². The molecule has 0 bridgehead atoms. The number of nitrogens with zero attached hydrogens (tertiary/aromatic N) is 3. The summed E-state index contributed by atoms with van der Waals surface area (Å²) in [6.07, 6.45) is 1.82. The number of benzene rings is 1. The van der Waals surface area contributed by atoms with Crippen molar-refractivity contribution in [3.8, 4) is 11.8 Å². The zero-order valence-corrected chi connectivity index (χ0v) is 10.8. The minimum atomic E-state index is -0.312. The summed E-state index contributed by atoms with van der Waals surface area (Å²) >= 11 is 1.35. The third-order valence-corrected chi connectivity index (χ3v) is 3.25. The molecule has 0 atom stereocenters. The van der Waals surface area contributed by atoms with Crippen LogP contribution in [-0.4, -0.2) is 16.0 Å². The average molecular weight is 262 g/mol. The second-order valence-electron chi connectivity index (χ2n) is 3.72. The first kappa shape index (κ1) is 12.5. The molecular formula is C12H11FN4S. The number of anilines is 1. The van der Waals surface area contributed by atoms with Crippen molar-refractivity contribution in [2.45, 2.75) is 11.9 Å². The van der Waals surface area contributed by atoms with Gasteiger partial charge in [0.1, 0.15) is 28.3 Å². The van der Waals surface area contributed by atoms with Gasteiger partial charge in [0.2, 0.25) is 0 Å². The number of halogens is 1. The highest BCUT2D eigenvalue weighted by Gasteiger charge is 2.16. The molecule has 0 saturated heterocycles. The first-order valence-corrected chi connectivity index (χ1v) is 6.40. The highest BCUT2D eigenvalue weighted by atomic mass is 32.2. The molecule has 2 rings (SSSR count). The number of nitriles is 1. The quantitative estimate of drug-likeness (QED) is 0.844. The fourth-order valence-corrected chi connectivity index (χ4v) is 2.22. The van der Waals surface area contributed by atoms with Gasteiger partial charge < -0.3 is 5.73 Å². The van der Waals surface area contributed by atoms with Crippen LogP contribution in [0.15, 0.2) is 23.2 Å². The Morgan fingerprint density at radius 2 is 2.22 bits per heavy atom. The van der Waals surface area contributed by atoms with Crippen molar-refractivity contribution in [3.05, 3.63) is 35.1 Å². The lowest BCUT2D eigenvalue weighted by atomic mass is 10.2. The van der Waals surface area contributed by atoms with Gasteiger partial charge >= 0.3 is 0 Å². The Morgan fingerprint density at radius 3 is 2.72 bits per heavy atom. The van der Waals surface area contributed by atoms with Gasteiger partial charge in [0.05, 0.1) is 5.69 Å². The summed E-state index contributed by atoms with van der Waals surface area (Å²) in [5.74, 6) is -0.0378. The normalized spacial score (nSPS) is 10.3. The smallest absolute Gasteiger partial charge is 0.146 e. The summed E-state index contributed by atoms with van der Waals surface area (Å²) in [5, 5.41) is 13.9. The molecule has 2 aromatic rings. The highest BCUT2D eigenvalue weighted by Crippen LogP contribution is 2.27. The van der Waals surface area contributed by atoms with E-state index in [2.05, 4.69) is 5.10 Å². The van der Waals surface area contributed by atoms with E-state index in [0.29, 0.717) is 21.8 Å². The SMILES string of the molecule is CSc1nn(-c2ccc(F)cc2C)c(N)c1C#N. The van der Waals surface area contributed by atoms with Gasteiger partial charge in [-0.15, -0.1) is 11.8 Å². The molecule has 0 aliphatic rings. The third kappa shape index (κ3) is 1.93. The summed E-state index contributed by atoms with van der Waals surface area (Å²) < 4.78 is 14.5. The van der Waals surface area contributed by atoms with Crippen LogP contribution in [-0.2, 0) is 0 Å². The Bertz CT molecular complexity index is 642. The maximum absolute atomic E-state index is 13.1. The Balaban J connectivity index is 2.65. The minimum Gasteiger partial charge on any atom is -0.382 e. The van der Waals surface area contributed by atoms with Crippen LogP contribution in [0.1, 0.15) is 11.1 Å². The Labute approximate surface area is 108 Å². The maximum atomic E-state index is 13.1. The molecule has 1 heterocycles. The van der Waals surface area contributed by atoms with E-state index >= 15 is 0 Å². The van der Waals surface area contributed by atoms with Gasteiger partial charge in [-0.05, 0) is 36.9 Å². The van der Waals surface area contributed by atoms with Crippen LogP contribution < -0.4 is 5.73 Å². The molecule has 0 fully saturated rings. The number of aromatic nitrogens is 2. The lowest BCUT2D eigenvalue weighted by Crippen LogP contribution is -2.04. The molecule has 1 aromatic heterocycles. The van der Waals surface area contributed by atoms with Gasteiger partial charge in [0.15, 0.2) is 0 Å². The molecule has 0 amide bonds. The van der Waals surface area contributed by atoms with Crippen LogP contribution in [0.5, 0.6) is 0 Å². The molecule has 4 nitrogen and oxygen atoms in total. The van der Waals surface area contributed by atoms with E-state index in [1.165, 1.54) is 28.6 Å². The van der Waals surface area contributed by atoms with Gasteiger partial charge in [0, 0.05) is 0 Å². The van der Waals surface area contributed by atoms with E-state index in [1.54, 1.807) is 13.0 Å². The molecule has 1 aromatic carbocycles. The number of thioether (sulfide) groups is 1. The van der Waals surface area contributed by atoms with Crippen molar-refractivity contribution in [2.24, 2.45) is 0 Å². The summed E-state index contributed by atoms with van der Waals surface area (Å²) in [7, 11) is 0. The first-order valence-electron chi connectivity index (χ1n) is 5.17. The largest absolute Gasteiger partial charge is 0.382 e. The predicted octanol–water partition coefficient (Wildman–Crippen LogP) is 2.50. The monoisotopic (exact) mass is 262 g/mol. The third-order valence-electron chi connectivity index (χ3n) is 2.58.